The third kappa shape index (κ3) is 3.77. The molecule has 6 nitrogen and oxygen atoms in total. The average molecular weight is 290 g/mol. The zero-order chi connectivity index (χ0) is 15.2. The number of hydrogen-bond acceptors (Lipinski definition) is 6. The van der Waals surface area contributed by atoms with Gasteiger partial charge >= 0.3 is 5.97 Å². The van der Waals surface area contributed by atoms with Gasteiger partial charge in [0.25, 0.3) is 12.1 Å². The van der Waals surface area contributed by atoms with E-state index in [-0.39, 0.29) is 24.7 Å². The van der Waals surface area contributed by atoms with Crippen LogP contribution in [0.5, 0.6) is 0 Å². The van der Waals surface area contributed by atoms with E-state index in [1.165, 1.54) is 6.08 Å². The monoisotopic (exact) mass is 290 g/mol. The van der Waals surface area contributed by atoms with Crippen LogP contribution in [-0.4, -0.2) is 36.4 Å². The summed E-state index contributed by atoms with van der Waals surface area (Å²) in [7, 11) is 0. The van der Waals surface area contributed by atoms with Crippen LogP contribution in [0.3, 0.4) is 0 Å². The molecule has 1 aromatic carbocycles. The number of esters is 1. The van der Waals surface area contributed by atoms with E-state index in [2.05, 4.69) is 6.58 Å². The number of carbonyl (C=O) groups excluding carboxylic acids is 2. The molecule has 0 spiro atoms. The minimum Gasteiger partial charge on any atom is -0.457 e. The maximum absolute atomic E-state index is 12.0. The SMILES string of the molecule is C=C1C=C(OC(=O)c2ccccc2)C(=O)[C@H](OCCO)O1. The molecular formula is C15H14O6. The predicted octanol–water partition coefficient (Wildman–Crippen LogP) is 1.18. The molecule has 0 amide bonds. The molecule has 1 heterocycles. The molecule has 110 valence electrons. The minimum atomic E-state index is -1.27. The number of Topliss-reactive ketones (excluding diaryl/α,β-unsaturated/α-hetero) is 1. The smallest absolute Gasteiger partial charge is 0.343 e. The fraction of sp³-hybridized carbons (Fsp3) is 0.200. The Labute approximate surface area is 121 Å². The molecule has 21 heavy (non-hydrogen) atoms. The highest BCUT2D eigenvalue weighted by Crippen LogP contribution is 2.20. The van der Waals surface area contributed by atoms with Crippen molar-refractivity contribution in [3.63, 3.8) is 0 Å². The first-order valence-electron chi connectivity index (χ1n) is 6.23. The van der Waals surface area contributed by atoms with Crippen LogP contribution in [0.25, 0.3) is 0 Å². The number of aliphatic hydroxyl groups excluding tert-OH is 1. The Morgan fingerprint density at radius 1 is 1.33 bits per heavy atom. The summed E-state index contributed by atoms with van der Waals surface area (Å²) in [6.07, 6.45) is -0.0460. The molecule has 1 aromatic rings. The fourth-order valence-corrected chi connectivity index (χ4v) is 1.64. The van der Waals surface area contributed by atoms with Gasteiger partial charge in [0.15, 0.2) is 5.76 Å². The van der Waals surface area contributed by atoms with E-state index in [4.69, 9.17) is 19.3 Å². The van der Waals surface area contributed by atoms with Gasteiger partial charge in [0.2, 0.25) is 0 Å². The molecule has 1 N–H and O–H groups in total. The van der Waals surface area contributed by atoms with Crippen molar-refractivity contribution < 1.29 is 28.9 Å². The van der Waals surface area contributed by atoms with Gasteiger partial charge in [0.1, 0.15) is 5.76 Å². The van der Waals surface area contributed by atoms with E-state index in [1.54, 1.807) is 30.3 Å². The molecule has 6 heteroatoms. The van der Waals surface area contributed by atoms with Crippen molar-refractivity contribution in [2.24, 2.45) is 0 Å². The van der Waals surface area contributed by atoms with Crippen molar-refractivity contribution in [2.75, 3.05) is 13.2 Å². The minimum absolute atomic E-state index is 0.0798. The van der Waals surface area contributed by atoms with Gasteiger partial charge in [-0.3, -0.25) is 4.79 Å². The first kappa shape index (κ1) is 15.0. The fourth-order valence-electron chi connectivity index (χ4n) is 1.64. The summed E-state index contributed by atoms with van der Waals surface area (Å²) in [5.74, 6) is -1.37. The lowest BCUT2D eigenvalue weighted by atomic mass is 10.2. The Hall–Kier alpha value is -2.44. The van der Waals surface area contributed by atoms with E-state index in [0.717, 1.165) is 0 Å². The number of ketones is 1. The van der Waals surface area contributed by atoms with Crippen LogP contribution in [-0.2, 0) is 19.0 Å². The highest BCUT2D eigenvalue weighted by Gasteiger charge is 2.32. The lowest BCUT2D eigenvalue weighted by molar-refractivity contribution is -0.162. The molecule has 0 saturated heterocycles. The predicted molar refractivity (Wildman–Crippen MR) is 72.0 cm³/mol. The highest BCUT2D eigenvalue weighted by atomic mass is 16.7. The van der Waals surface area contributed by atoms with Crippen molar-refractivity contribution in [1.82, 2.24) is 0 Å². The van der Waals surface area contributed by atoms with Crippen molar-refractivity contribution >= 4 is 11.8 Å². The molecule has 1 atom stereocenters. The quantitative estimate of drug-likeness (QED) is 0.820. The first-order chi connectivity index (χ1) is 10.1. The normalized spacial score (nSPS) is 18.0. The van der Waals surface area contributed by atoms with E-state index in [9.17, 15) is 9.59 Å². The van der Waals surface area contributed by atoms with Crippen molar-refractivity contribution in [3.8, 4) is 0 Å². The number of ether oxygens (including phenoxy) is 3. The molecule has 0 aromatic heterocycles. The molecule has 0 fully saturated rings. The summed E-state index contributed by atoms with van der Waals surface area (Å²) in [4.78, 5) is 23.9. The van der Waals surface area contributed by atoms with Crippen LogP contribution in [0.15, 0.2) is 54.5 Å². The molecule has 1 aliphatic rings. The topological polar surface area (TPSA) is 82.1 Å². The average Bonchev–Trinajstić information content (AvgIpc) is 2.50. The molecular weight excluding hydrogens is 276 g/mol. The lowest BCUT2D eigenvalue weighted by Gasteiger charge is -2.23. The highest BCUT2D eigenvalue weighted by molar-refractivity contribution is 6.01. The van der Waals surface area contributed by atoms with Crippen molar-refractivity contribution in [3.05, 3.63) is 60.1 Å². The van der Waals surface area contributed by atoms with Gasteiger partial charge in [-0.25, -0.2) is 4.79 Å². The summed E-state index contributed by atoms with van der Waals surface area (Å²) in [5, 5.41) is 8.69. The molecule has 0 radical (unpaired) electrons. The molecule has 0 unspecified atom stereocenters. The van der Waals surface area contributed by atoms with E-state index >= 15 is 0 Å². The number of allylic oxidation sites excluding steroid dienone is 1. The van der Waals surface area contributed by atoms with Crippen molar-refractivity contribution in [1.29, 1.82) is 0 Å². The van der Waals surface area contributed by atoms with Gasteiger partial charge in [-0.05, 0) is 12.1 Å². The Morgan fingerprint density at radius 3 is 2.71 bits per heavy atom. The van der Waals surface area contributed by atoms with E-state index < -0.39 is 18.0 Å². The van der Waals surface area contributed by atoms with Crippen LogP contribution in [0, 0.1) is 0 Å². The molecule has 0 saturated carbocycles. The number of benzene rings is 1. The summed E-state index contributed by atoms with van der Waals surface area (Å²) in [6.45, 7) is 3.21. The van der Waals surface area contributed by atoms with Crippen LogP contribution in [0.4, 0.5) is 0 Å². The zero-order valence-corrected chi connectivity index (χ0v) is 11.2. The molecule has 1 aliphatic heterocycles. The Kier molecular flexibility index (Phi) is 4.86. The van der Waals surface area contributed by atoms with Crippen LogP contribution in [0.1, 0.15) is 10.4 Å². The third-order valence-corrected chi connectivity index (χ3v) is 2.58. The Balaban J connectivity index is 2.09. The standard InChI is InChI=1S/C15H14O6/c1-10-9-12(13(17)15(20-10)19-8-7-16)21-14(18)11-5-3-2-4-6-11/h2-6,9,15-16H,1,7-8H2/t15-/m1/s1. The first-order valence-corrected chi connectivity index (χ1v) is 6.23. The maximum Gasteiger partial charge on any atom is 0.343 e. The van der Waals surface area contributed by atoms with Crippen LogP contribution >= 0.6 is 0 Å². The second-order valence-corrected chi connectivity index (χ2v) is 4.14. The molecule has 0 bridgehead atoms. The van der Waals surface area contributed by atoms with Crippen molar-refractivity contribution in [2.45, 2.75) is 6.29 Å². The van der Waals surface area contributed by atoms with Crippen LogP contribution in [0.2, 0.25) is 0 Å². The molecule has 0 aliphatic carbocycles. The van der Waals surface area contributed by atoms with Gasteiger partial charge in [-0.1, -0.05) is 24.8 Å². The lowest BCUT2D eigenvalue weighted by Crippen LogP contribution is -2.34. The van der Waals surface area contributed by atoms with Gasteiger partial charge in [0.05, 0.1) is 18.8 Å². The summed E-state index contributed by atoms with van der Waals surface area (Å²) in [5.41, 5.74) is 0.316. The number of aliphatic hydroxyl groups is 1. The third-order valence-electron chi connectivity index (χ3n) is 2.58. The van der Waals surface area contributed by atoms with E-state index in [1.807, 2.05) is 0 Å². The largest absolute Gasteiger partial charge is 0.457 e. The number of rotatable bonds is 5. The summed E-state index contributed by atoms with van der Waals surface area (Å²) < 4.78 is 15.2. The van der Waals surface area contributed by atoms with Gasteiger partial charge < -0.3 is 19.3 Å². The van der Waals surface area contributed by atoms with Crippen LogP contribution < -0.4 is 0 Å². The second kappa shape index (κ2) is 6.83. The maximum atomic E-state index is 12.0. The Morgan fingerprint density at radius 2 is 2.05 bits per heavy atom. The molecule has 2 rings (SSSR count). The zero-order valence-electron chi connectivity index (χ0n) is 11.2. The van der Waals surface area contributed by atoms with Gasteiger partial charge in [0, 0.05) is 6.08 Å². The van der Waals surface area contributed by atoms with E-state index in [0.29, 0.717) is 5.56 Å². The summed E-state index contributed by atoms with van der Waals surface area (Å²) in [6, 6.07) is 8.27. The number of carbonyl (C=O) groups is 2. The summed E-state index contributed by atoms with van der Waals surface area (Å²) >= 11 is 0. The van der Waals surface area contributed by atoms with Gasteiger partial charge in [-0.2, -0.15) is 0 Å². The number of hydrogen-bond donors (Lipinski definition) is 1. The second-order valence-electron chi connectivity index (χ2n) is 4.14. The van der Waals surface area contributed by atoms with Gasteiger partial charge in [-0.15, -0.1) is 0 Å². The Bertz CT molecular complexity index is 575.